The first-order chi connectivity index (χ1) is 7.72. The molecule has 1 N–H and O–H groups in total. The SMILES string of the molecule is OC1CCC2CN(Cc3cc(Br)cs3)CC12. The first kappa shape index (κ1) is 11.2. The van der Waals surface area contributed by atoms with Crippen LogP contribution in [-0.4, -0.2) is 29.2 Å². The third-order valence-corrected chi connectivity index (χ3v) is 5.58. The Kier molecular flexibility index (Phi) is 3.09. The normalized spacial score (nSPS) is 34.5. The van der Waals surface area contributed by atoms with Crippen molar-refractivity contribution in [2.24, 2.45) is 11.8 Å². The average Bonchev–Trinajstić information content (AvgIpc) is 2.88. The molecule has 3 atom stereocenters. The molecule has 1 saturated carbocycles. The first-order valence-electron chi connectivity index (χ1n) is 5.85. The lowest BCUT2D eigenvalue weighted by Crippen LogP contribution is -2.24. The molecule has 2 heterocycles. The molecule has 3 rings (SSSR count). The van der Waals surface area contributed by atoms with Crippen molar-refractivity contribution in [3.05, 3.63) is 20.8 Å². The van der Waals surface area contributed by atoms with Gasteiger partial charge in [-0.05, 0) is 40.8 Å². The van der Waals surface area contributed by atoms with Gasteiger partial charge >= 0.3 is 0 Å². The van der Waals surface area contributed by atoms with E-state index in [0.29, 0.717) is 5.92 Å². The molecular formula is C12H16BrNOS. The quantitative estimate of drug-likeness (QED) is 0.908. The third kappa shape index (κ3) is 2.08. The maximum atomic E-state index is 9.86. The molecule has 0 aromatic carbocycles. The number of hydrogen-bond acceptors (Lipinski definition) is 3. The number of rotatable bonds is 2. The van der Waals surface area contributed by atoms with Crippen LogP contribution in [0.3, 0.4) is 0 Å². The largest absolute Gasteiger partial charge is 0.393 e. The molecule has 4 heteroatoms. The molecule has 2 aliphatic rings. The van der Waals surface area contributed by atoms with E-state index in [4.69, 9.17) is 0 Å². The summed E-state index contributed by atoms with van der Waals surface area (Å²) in [7, 11) is 0. The van der Waals surface area contributed by atoms with E-state index in [1.807, 2.05) is 11.3 Å². The second kappa shape index (κ2) is 4.41. The van der Waals surface area contributed by atoms with Crippen LogP contribution in [0.25, 0.3) is 0 Å². The monoisotopic (exact) mass is 301 g/mol. The Morgan fingerprint density at radius 2 is 2.31 bits per heavy atom. The van der Waals surface area contributed by atoms with Crippen LogP contribution in [0.2, 0.25) is 0 Å². The van der Waals surface area contributed by atoms with Gasteiger partial charge in [0.1, 0.15) is 0 Å². The van der Waals surface area contributed by atoms with E-state index in [9.17, 15) is 5.11 Å². The molecule has 2 fully saturated rings. The molecule has 1 saturated heterocycles. The summed E-state index contributed by atoms with van der Waals surface area (Å²) >= 11 is 5.31. The minimum atomic E-state index is -0.0370. The molecule has 0 bridgehead atoms. The van der Waals surface area contributed by atoms with Gasteiger partial charge in [0.25, 0.3) is 0 Å². The lowest BCUT2D eigenvalue weighted by Gasteiger charge is -2.16. The van der Waals surface area contributed by atoms with Gasteiger partial charge in [-0.25, -0.2) is 0 Å². The fourth-order valence-corrected chi connectivity index (χ4v) is 4.61. The lowest BCUT2D eigenvalue weighted by atomic mass is 10.00. The summed E-state index contributed by atoms with van der Waals surface area (Å²) in [6, 6.07) is 2.20. The highest BCUT2D eigenvalue weighted by Crippen LogP contribution is 2.38. The number of fused-ring (bicyclic) bond motifs is 1. The second-order valence-electron chi connectivity index (χ2n) is 4.99. The van der Waals surface area contributed by atoms with Crippen molar-refractivity contribution in [3.8, 4) is 0 Å². The zero-order valence-electron chi connectivity index (χ0n) is 9.10. The summed E-state index contributed by atoms with van der Waals surface area (Å²) in [5.41, 5.74) is 0. The topological polar surface area (TPSA) is 23.5 Å². The second-order valence-corrected chi connectivity index (χ2v) is 6.91. The van der Waals surface area contributed by atoms with Crippen LogP contribution in [0.1, 0.15) is 17.7 Å². The van der Waals surface area contributed by atoms with Crippen LogP contribution in [0.5, 0.6) is 0 Å². The third-order valence-electron chi connectivity index (χ3n) is 3.90. The molecule has 0 radical (unpaired) electrons. The van der Waals surface area contributed by atoms with Gasteiger partial charge in [0.05, 0.1) is 6.10 Å². The number of thiophene rings is 1. The van der Waals surface area contributed by atoms with Crippen molar-refractivity contribution in [2.45, 2.75) is 25.5 Å². The average molecular weight is 302 g/mol. The van der Waals surface area contributed by atoms with Crippen molar-refractivity contribution < 1.29 is 5.11 Å². The number of aliphatic hydroxyl groups is 1. The van der Waals surface area contributed by atoms with Gasteiger partial charge in [-0.2, -0.15) is 0 Å². The van der Waals surface area contributed by atoms with Gasteiger partial charge in [0.2, 0.25) is 0 Å². The Balaban J connectivity index is 1.62. The van der Waals surface area contributed by atoms with E-state index in [0.717, 1.165) is 25.4 Å². The zero-order valence-corrected chi connectivity index (χ0v) is 11.5. The Bertz CT molecular complexity index is 381. The van der Waals surface area contributed by atoms with Crippen LogP contribution >= 0.6 is 27.3 Å². The maximum absolute atomic E-state index is 9.86. The molecule has 0 amide bonds. The van der Waals surface area contributed by atoms with Crippen molar-refractivity contribution in [1.29, 1.82) is 0 Å². The van der Waals surface area contributed by atoms with Crippen molar-refractivity contribution in [2.75, 3.05) is 13.1 Å². The Morgan fingerprint density at radius 3 is 3.00 bits per heavy atom. The van der Waals surface area contributed by atoms with E-state index in [1.165, 1.54) is 22.3 Å². The summed E-state index contributed by atoms with van der Waals surface area (Å²) in [6.07, 6.45) is 2.20. The van der Waals surface area contributed by atoms with Crippen LogP contribution in [-0.2, 0) is 6.54 Å². The molecule has 1 aromatic heterocycles. The number of halogens is 1. The molecule has 16 heavy (non-hydrogen) atoms. The highest BCUT2D eigenvalue weighted by atomic mass is 79.9. The van der Waals surface area contributed by atoms with E-state index in [-0.39, 0.29) is 6.10 Å². The first-order valence-corrected chi connectivity index (χ1v) is 7.53. The van der Waals surface area contributed by atoms with Crippen molar-refractivity contribution >= 4 is 27.3 Å². The molecule has 1 aromatic rings. The molecule has 88 valence electrons. The summed E-state index contributed by atoms with van der Waals surface area (Å²) in [6.45, 7) is 3.31. The standard InChI is InChI=1S/C12H16BrNOS/c13-9-3-10(16-7-9)5-14-4-8-1-2-12(15)11(8)6-14/h3,7-8,11-12,15H,1-2,4-6H2. The smallest absolute Gasteiger partial charge is 0.0583 e. The summed E-state index contributed by atoms with van der Waals surface area (Å²) < 4.78 is 1.19. The highest BCUT2D eigenvalue weighted by molar-refractivity contribution is 9.10. The van der Waals surface area contributed by atoms with Crippen LogP contribution in [0.15, 0.2) is 15.9 Å². The van der Waals surface area contributed by atoms with Gasteiger partial charge in [-0.3, -0.25) is 4.90 Å². The summed E-state index contributed by atoms with van der Waals surface area (Å²) in [4.78, 5) is 3.91. The summed E-state index contributed by atoms with van der Waals surface area (Å²) in [5, 5.41) is 12.0. The fraction of sp³-hybridized carbons (Fsp3) is 0.667. The minimum absolute atomic E-state index is 0.0370. The Morgan fingerprint density at radius 1 is 1.44 bits per heavy atom. The van der Waals surface area contributed by atoms with Crippen molar-refractivity contribution in [1.82, 2.24) is 4.90 Å². The van der Waals surface area contributed by atoms with E-state index < -0.39 is 0 Å². The summed E-state index contributed by atoms with van der Waals surface area (Å²) in [5.74, 6) is 1.29. The molecular weight excluding hydrogens is 286 g/mol. The van der Waals surface area contributed by atoms with Crippen LogP contribution < -0.4 is 0 Å². The van der Waals surface area contributed by atoms with Crippen LogP contribution in [0.4, 0.5) is 0 Å². The molecule has 2 nitrogen and oxygen atoms in total. The van der Waals surface area contributed by atoms with Gasteiger partial charge in [0.15, 0.2) is 0 Å². The molecule has 3 unspecified atom stereocenters. The fourth-order valence-electron chi connectivity index (χ4n) is 3.12. The minimum Gasteiger partial charge on any atom is -0.393 e. The highest BCUT2D eigenvalue weighted by Gasteiger charge is 2.41. The number of nitrogens with zero attached hydrogens (tertiary/aromatic N) is 1. The maximum Gasteiger partial charge on any atom is 0.0583 e. The Labute approximate surface area is 108 Å². The molecule has 1 aliphatic carbocycles. The number of likely N-dealkylation sites (tertiary alicyclic amines) is 1. The predicted molar refractivity (Wildman–Crippen MR) is 69.5 cm³/mol. The van der Waals surface area contributed by atoms with E-state index in [1.54, 1.807) is 0 Å². The molecule has 1 aliphatic heterocycles. The van der Waals surface area contributed by atoms with E-state index >= 15 is 0 Å². The van der Waals surface area contributed by atoms with Gasteiger partial charge in [0, 0.05) is 40.3 Å². The molecule has 0 spiro atoms. The van der Waals surface area contributed by atoms with Gasteiger partial charge < -0.3 is 5.11 Å². The van der Waals surface area contributed by atoms with Gasteiger partial charge in [-0.1, -0.05) is 0 Å². The number of hydrogen-bond donors (Lipinski definition) is 1. The van der Waals surface area contributed by atoms with Gasteiger partial charge in [-0.15, -0.1) is 11.3 Å². The Hall–Kier alpha value is 0.1000. The van der Waals surface area contributed by atoms with Crippen molar-refractivity contribution in [3.63, 3.8) is 0 Å². The van der Waals surface area contributed by atoms with E-state index in [2.05, 4.69) is 32.3 Å². The number of aliphatic hydroxyl groups excluding tert-OH is 1. The zero-order chi connectivity index (χ0) is 11.1. The lowest BCUT2D eigenvalue weighted by molar-refractivity contribution is 0.123. The predicted octanol–water partition coefficient (Wildman–Crippen LogP) is 2.71. The van der Waals surface area contributed by atoms with Crippen LogP contribution in [0, 0.1) is 11.8 Å².